The molecular weight excluding hydrogens is 464 g/mol. The number of para-hydroxylation sites is 2. The summed E-state index contributed by atoms with van der Waals surface area (Å²) in [7, 11) is -3.94. The fourth-order valence-electron chi connectivity index (χ4n) is 3.62. The summed E-state index contributed by atoms with van der Waals surface area (Å²) in [5.41, 5.74) is 3.30. The molecule has 3 aromatic carbocycles. The standard InChI is InChI=1S/C24H17ClN2O3S2/c1-16-23(20-9-5-6-10-22(20)30-16)21-15-31-24(27(21)18-7-3-2-4-8-18)26-32(28,29)19-13-11-17(25)12-14-19/h2-15H,1H3/b26-24+. The molecule has 5 rings (SSSR count). The molecule has 5 nitrogen and oxygen atoms in total. The van der Waals surface area contributed by atoms with Crippen molar-refractivity contribution in [1.82, 2.24) is 4.57 Å². The van der Waals surface area contributed by atoms with Gasteiger partial charge in [0.1, 0.15) is 11.3 Å². The summed E-state index contributed by atoms with van der Waals surface area (Å²) in [4.78, 5) is 0.423. The summed E-state index contributed by atoms with van der Waals surface area (Å²) in [5, 5.41) is 3.33. The maximum Gasteiger partial charge on any atom is 0.285 e. The van der Waals surface area contributed by atoms with E-state index in [1.54, 1.807) is 0 Å². The number of hydrogen-bond acceptors (Lipinski definition) is 4. The normalized spacial score (nSPS) is 12.5. The fourth-order valence-corrected chi connectivity index (χ4v) is 5.84. The van der Waals surface area contributed by atoms with Crippen LogP contribution in [0.5, 0.6) is 0 Å². The number of aromatic nitrogens is 1. The Bertz CT molecular complexity index is 1600. The minimum atomic E-state index is -3.94. The van der Waals surface area contributed by atoms with Gasteiger partial charge in [-0.15, -0.1) is 15.7 Å². The number of thiazole rings is 1. The van der Waals surface area contributed by atoms with Crippen LogP contribution in [0.3, 0.4) is 0 Å². The average molecular weight is 481 g/mol. The van der Waals surface area contributed by atoms with E-state index >= 15 is 0 Å². The summed E-state index contributed by atoms with van der Waals surface area (Å²) < 4.78 is 38.1. The van der Waals surface area contributed by atoms with Crippen molar-refractivity contribution in [3.8, 4) is 16.9 Å². The van der Waals surface area contributed by atoms with Crippen molar-refractivity contribution in [2.24, 2.45) is 4.40 Å². The van der Waals surface area contributed by atoms with Gasteiger partial charge < -0.3 is 4.42 Å². The minimum Gasteiger partial charge on any atom is -0.461 e. The lowest BCUT2D eigenvalue weighted by Gasteiger charge is -2.09. The predicted molar refractivity (Wildman–Crippen MR) is 128 cm³/mol. The van der Waals surface area contributed by atoms with Gasteiger partial charge in [-0.05, 0) is 49.4 Å². The van der Waals surface area contributed by atoms with Gasteiger partial charge in [0.2, 0.25) is 4.80 Å². The maximum atomic E-state index is 13.0. The number of benzene rings is 3. The number of aryl methyl sites for hydroxylation is 1. The van der Waals surface area contributed by atoms with Crippen LogP contribution in [0.1, 0.15) is 5.76 Å². The van der Waals surface area contributed by atoms with Crippen LogP contribution in [0.4, 0.5) is 0 Å². The first-order valence-corrected chi connectivity index (χ1v) is 12.4. The Hall–Kier alpha value is -3.13. The quantitative estimate of drug-likeness (QED) is 0.307. The van der Waals surface area contributed by atoms with E-state index in [0.717, 1.165) is 33.7 Å². The van der Waals surface area contributed by atoms with E-state index in [2.05, 4.69) is 4.40 Å². The first-order chi connectivity index (χ1) is 15.4. The molecule has 0 atom stereocenters. The first-order valence-electron chi connectivity index (χ1n) is 9.75. The van der Waals surface area contributed by atoms with Crippen LogP contribution < -0.4 is 4.80 Å². The van der Waals surface area contributed by atoms with E-state index in [0.29, 0.717) is 9.82 Å². The number of hydrogen-bond donors (Lipinski definition) is 0. The van der Waals surface area contributed by atoms with Crippen molar-refractivity contribution >= 4 is 43.9 Å². The van der Waals surface area contributed by atoms with Gasteiger partial charge in [-0.25, -0.2) is 0 Å². The highest BCUT2D eigenvalue weighted by Crippen LogP contribution is 2.35. The van der Waals surface area contributed by atoms with Crippen molar-refractivity contribution < 1.29 is 12.8 Å². The molecule has 0 unspecified atom stereocenters. The second kappa shape index (κ2) is 8.09. The SMILES string of the molecule is Cc1oc2ccccc2c1-c1cs/c(=N/S(=O)(=O)c2ccc(Cl)cc2)n1-c1ccccc1. The number of fused-ring (bicyclic) bond motifs is 1. The van der Waals surface area contributed by atoms with Gasteiger partial charge in [0, 0.05) is 27.0 Å². The Morgan fingerprint density at radius 2 is 1.62 bits per heavy atom. The van der Waals surface area contributed by atoms with Crippen LogP contribution in [0.2, 0.25) is 5.02 Å². The molecule has 0 fully saturated rings. The number of nitrogens with zero attached hydrogens (tertiary/aromatic N) is 2. The summed E-state index contributed by atoms with van der Waals surface area (Å²) in [6.45, 7) is 1.91. The summed E-state index contributed by atoms with van der Waals surface area (Å²) in [6.07, 6.45) is 0. The Morgan fingerprint density at radius 1 is 0.938 bits per heavy atom. The van der Waals surface area contributed by atoms with Gasteiger partial charge in [-0.2, -0.15) is 8.42 Å². The molecule has 0 saturated carbocycles. The van der Waals surface area contributed by atoms with Gasteiger partial charge in [0.05, 0.1) is 10.6 Å². The highest BCUT2D eigenvalue weighted by Gasteiger charge is 2.20. The van der Waals surface area contributed by atoms with Crippen LogP contribution >= 0.6 is 22.9 Å². The van der Waals surface area contributed by atoms with Crippen LogP contribution in [-0.4, -0.2) is 13.0 Å². The Kier molecular flexibility index (Phi) is 5.25. The van der Waals surface area contributed by atoms with E-state index in [1.807, 2.05) is 71.5 Å². The number of furan rings is 1. The fraction of sp³-hybridized carbons (Fsp3) is 0.0417. The van der Waals surface area contributed by atoms with Crippen molar-refractivity contribution in [2.45, 2.75) is 11.8 Å². The molecular formula is C24H17ClN2O3S2. The van der Waals surface area contributed by atoms with Crippen LogP contribution in [-0.2, 0) is 10.0 Å². The van der Waals surface area contributed by atoms with Gasteiger partial charge in [0.15, 0.2) is 0 Å². The molecule has 5 aromatic rings. The smallest absolute Gasteiger partial charge is 0.285 e. The number of sulfonamides is 1. The molecule has 8 heteroatoms. The molecule has 0 bridgehead atoms. The third kappa shape index (κ3) is 3.68. The van der Waals surface area contributed by atoms with Gasteiger partial charge in [-0.1, -0.05) is 48.0 Å². The molecule has 0 aliphatic heterocycles. The Labute approximate surface area is 193 Å². The topological polar surface area (TPSA) is 64.6 Å². The van der Waals surface area contributed by atoms with E-state index in [4.69, 9.17) is 16.0 Å². The lowest BCUT2D eigenvalue weighted by atomic mass is 10.1. The first kappa shape index (κ1) is 20.8. The third-order valence-electron chi connectivity index (χ3n) is 5.06. The largest absolute Gasteiger partial charge is 0.461 e. The van der Waals surface area contributed by atoms with Crippen molar-refractivity contribution in [3.05, 3.63) is 99.8 Å². The molecule has 0 amide bonds. The number of halogens is 1. The second-order valence-electron chi connectivity index (χ2n) is 7.12. The molecule has 0 saturated heterocycles. The van der Waals surface area contributed by atoms with E-state index in [-0.39, 0.29) is 4.90 Å². The van der Waals surface area contributed by atoms with E-state index in [9.17, 15) is 8.42 Å². The highest BCUT2D eigenvalue weighted by atomic mass is 35.5. The highest BCUT2D eigenvalue weighted by molar-refractivity contribution is 7.90. The third-order valence-corrected chi connectivity index (χ3v) is 7.53. The van der Waals surface area contributed by atoms with Crippen LogP contribution in [0.25, 0.3) is 27.9 Å². The molecule has 0 N–H and O–H groups in total. The Morgan fingerprint density at radius 3 is 2.38 bits per heavy atom. The van der Waals surface area contributed by atoms with Gasteiger partial charge in [0.25, 0.3) is 10.0 Å². The molecule has 2 heterocycles. The average Bonchev–Trinajstić information content (AvgIpc) is 3.33. The predicted octanol–water partition coefficient (Wildman–Crippen LogP) is 6.20. The molecule has 0 aliphatic rings. The monoisotopic (exact) mass is 480 g/mol. The lowest BCUT2D eigenvalue weighted by molar-refractivity contribution is 0.579. The lowest BCUT2D eigenvalue weighted by Crippen LogP contribution is -2.16. The molecule has 32 heavy (non-hydrogen) atoms. The van der Waals surface area contributed by atoms with Crippen LogP contribution in [0, 0.1) is 6.92 Å². The van der Waals surface area contributed by atoms with Crippen molar-refractivity contribution in [3.63, 3.8) is 0 Å². The molecule has 0 spiro atoms. The van der Waals surface area contributed by atoms with Crippen LogP contribution in [0.15, 0.2) is 98.0 Å². The van der Waals surface area contributed by atoms with E-state index in [1.165, 1.54) is 35.6 Å². The number of rotatable bonds is 4. The molecule has 160 valence electrons. The zero-order valence-corrected chi connectivity index (χ0v) is 19.3. The minimum absolute atomic E-state index is 0.0846. The zero-order valence-electron chi connectivity index (χ0n) is 16.9. The zero-order chi connectivity index (χ0) is 22.3. The summed E-state index contributed by atoms with van der Waals surface area (Å²) >= 11 is 7.17. The molecule has 0 radical (unpaired) electrons. The second-order valence-corrected chi connectivity index (χ2v) is 10.0. The van der Waals surface area contributed by atoms with E-state index < -0.39 is 10.0 Å². The van der Waals surface area contributed by atoms with Crippen molar-refractivity contribution in [2.75, 3.05) is 0 Å². The summed E-state index contributed by atoms with van der Waals surface area (Å²) in [5.74, 6) is 0.751. The van der Waals surface area contributed by atoms with Gasteiger partial charge in [-0.3, -0.25) is 4.57 Å². The maximum absolute atomic E-state index is 13.0. The summed E-state index contributed by atoms with van der Waals surface area (Å²) in [6, 6.07) is 23.3. The molecule has 0 aliphatic carbocycles. The molecule has 2 aromatic heterocycles. The van der Waals surface area contributed by atoms with Crippen molar-refractivity contribution in [1.29, 1.82) is 0 Å². The Balaban J connectivity index is 1.79. The van der Waals surface area contributed by atoms with Gasteiger partial charge >= 0.3 is 0 Å².